The summed E-state index contributed by atoms with van der Waals surface area (Å²) in [6, 6.07) is 15.7. The average Bonchev–Trinajstić information content (AvgIpc) is 2.84. The molecule has 0 radical (unpaired) electrons. The van der Waals surface area contributed by atoms with Gasteiger partial charge >= 0.3 is 0 Å². The second-order valence-electron chi connectivity index (χ2n) is 7.29. The highest BCUT2D eigenvalue weighted by molar-refractivity contribution is 6.19. The number of hydrogen-bond donors (Lipinski definition) is 2. The maximum Gasteiger partial charge on any atom is 0.268 e. The van der Waals surface area contributed by atoms with E-state index in [1.54, 1.807) is 12.1 Å². The number of carbonyl (C=O) groups excluding carboxylic acids is 1. The molecule has 4 nitrogen and oxygen atoms in total. The molecule has 1 unspecified atom stereocenters. The van der Waals surface area contributed by atoms with Crippen molar-refractivity contribution in [1.82, 2.24) is 10.6 Å². The van der Waals surface area contributed by atoms with Crippen LogP contribution < -0.4 is 10.6 Å². The molecule has 0 spiro atoms. The number of nitrogens with zero attached hydrogens (tertiary/aromatic N) is 1. The summed E-state index contributed by atoms with van der Waals surface area (Å²) in [6.07, 6.45) is 0. The molecule has 4 rings (SSSR count). The number of nitrogens with one attached hydrogen (secondary N) is 2. The van der Waals surface area contributed by atoms with Crippen LogP contribution in [0.1, 0.15) is 31.0 Å². The van der Waals surface area contributed by atoms with E-state index in [4.69, 9.17) is 4.99 Å². The molecule has 0 saturated heterocycles. The van der Waals surface area contributed by atoms with Crippen LogP contribution in [0.3, 0.4) is 0 Å². The van der Waals surface area contributed by atoms with Crippen molar-refractivity contribution in [2.45, 2.75) is 25.4 Å². The zero-order valence-corrected chi connectivity index (χ0v) is 14.7. The predicted molar refractivity (Wildman–Crippen MR) is 99.4 cm³/mol. The third-order valence-electron chi connectivity index (χ3n) is 4.66. The van der Waals surface area contributed by atoms with E-state index in [1.165, 1.54) is 12.1 Å². The van der Waals surface area contributed by atoms with Gasteiger partial charge in [-0.1, -0.05) is 42.5 Å². The maximum atomic E-state index is 13.4. The highest BCUT2D eigenvalue weighted by atomic mass is 19.1. The molecular weight excluding hydrogens is 329 g/mol. The number of halogens is 1. The Labute approximate surface area is 151 Å². The van der Waals surface area contributed by atoms with Gasteiger partial charge in [-0.15, -0.1) is 0 Å². The molecule has 2 aliphatic heterocycles. The molecule has 0 bridgehead atoms. The fraction of sp³-hybridized carbons (Fsp3) is 0.238. The van der Waals surface area contributed by atoms with Crippen molar-refractivity contribution in [3.63, 3.8) is 0 Å². The maximum absolute atomic E-state index is 13.4. The number of carbonyl (C=O) groups is 1. The molecule has 0 saturated carbocycles. The Morgan fingerprint density at radius 1 is 1.08 bits per heavy atom. The van der Waals surface area contributed by atoms with Gasteiger partial charge in [-0.3, -0.25) is 9.79 Å². The Bertz CT molecular complexity index is 914. The number of rotatable bonds is 2. The van der Waals surface area contributed by atoms with Crippen LogP contribution >= 0.6 is 0 Å². The molecule has 2 N–H and O–H groups in total. The van der Waals surface area contributed by atoms with Crippen LogP contribution in [0.25, 0.3) is 0 Å². The van der Waals surface area contributed by atoms with E-state index in [9.17, 15) is 9.18 Å². The molecule has 1 atom stereocenters. The standard InChI is InChI=1S/C21H20FN3O/c1-21(2)12-23-17(13-6-4-3-5-7-13)16-18(24-20(26)19(16)25-21)14-8-10-15(22)11-9-14/h3-11,18,25H,12H2,1-2H3,(H,24,26). The van der Waals surface area contributed by atoms with E-state index in [0.29, 0.717) is 12.2 Å². The van der Waals surface area contributed by atoms with Gasteiger partial charge in [0.2, 0.25) is 0 Å². The van der Waals surface area contributed by atoms with Crippen molar-refractivity contribution in [2.75, 3.05) is 6.54 Å². The largest absolute Gasteiger partial charge is 0.373 e. The molecule has 1 amide bonds. The second-order valence-corrected chi connectivity index (χ2v) is 7.29. The van der Waals surface area contributed by atoms with E-state index < -0.39 is 0 Å². The molecule has 0 aromatic heterocycles. The van der Waals surface area contributed by atoms with Crippen molar-refractivity contribution in [1.29, 1.82) is 0 Å². The van der Waals surface area contributed by atoms with Gasteiger partial charge in [0, 0.05) is 11.1 Å². The summed E-state index contributed by atoms with van der Waals surface area (Å²) in [7, 11) is 0. The molecule has 2 aromatic rings. The molecule has 0 fully saturated rings. The van der Waals surface area contributed by atoms with Crippen molar-refractivity contribution in [3.8, 4) is 0 Å². The first-order valence-electron chi connectivity index (χ1n) is 8.63. The summed E-state index contributed by atoms with van der Waals surface area (Å²) < 4.78 is 13.4. The van der Waals surface area contributed by atoms with Crippen LogP contribution in [-0.2, 0) is 4.79 Å². The molecule has 2 heterocycles. The summed E-state index contributed by atoms with van der Waals surface area (Å²) in [4.78, 5) is 17.6. The van der Waals surface area contributed by atoms with Gasteiger partial charge < -0.3 is 10.6 Å². The van der Waals surface area contributed by atoms with Crippen molar-refractivity contribution >= 4 is 11.6 Å². The van der Waals surface area contributed by atoms with Gasteiger partial charge in [0.1, 0.15) is 11.5 Å². The smallest absolute Gasteiger partial charge is 0.268 e. The third-order valence-corrected chi connectivity index (χ3v) is 4.66. The second kappa shape index (κ2) is 6.09. The van der Waals surface area contributed by atoms with Gasteiger partial charge in [-0.25, -0.2) is 4.39 Å². The topological polar surface area (TPSA) is 53.5 Å². The first kappa shape index (κ1) is 16.5. The Balaban J connectivity index is 1.89. The fourth-order valence-electron chi connectivity index (χ4n) is 3.41. The van der Waals surface area contributed by atoms with Gasteiger partial charge in [0.15, 0.2) is 0 Å². The quantitative estimate of drug-likeness (QED) is 0.875. The van der Waals surface area contributed by atoms with E-state index >= 15 is 0 Å². The average molecular weight is 349 g/mol. The van der Waals surface area contributed by atoms with Crippen molar-refractivity contribution in [3.05, 3.63) is 82.8 Å². The zero-order valence-electron chi connectivity index (χ0n) is 14.7. The number of amides is 1. The monoisotopic (exact) mass is 349 g/mol. The first-order chi connectivity index (χ1) is 12.4. The van der Waals surface area contributed by atoms with Crippen LogP contribution in [-0.4, -0.2) is 23.7 Å². The molecule has 0 aliphatic carbocycles. The minimum absolute atomic E-state index is 0.159. The molecule has 2 aliphatic rings. The first-order valence-corrected chi connectivity index (χ1v) is 8.63. The summed E-state index contributed by atoms with van der Waals surface area (Å²) in [5, 5.41) is 6.37. The van der Waals surface area contributed by atoms with Crippen LogP contribution in [0.15, 0.2) is 70.9 Å². The highest BCUT2D eigenvalue weighted by Gasteiger charge is 2.39. The van der Waals surface area contributed by atoms with Gasteiger partial charge in [0.25, 0.3) is 5.91 Å². The lowest BCUT2D eigenvalue weighted by atomic mass is 9.92. The molecule has 26 heavy (non-hydrogen) atoms. The molecule has 2 aromatic carbocycles. The summed E-state index contributed by atoms with van der Waals surface area (Å²) in [5.41, 5.74) is 3.61. The summed E-state index contributed by atoms with van der Waals surface area (Å²) >= 11 is 0. The number of aliphatic imine (C=N–C) groups is 1. The van der Waals surface area contributed by atoms with Gasteiger partial charge in [-0.2, -0.15) is 0 Å². The third kappa shape index (κ3) is 2.90. The highest BCUT2D eigenvalue weighted by Crippen LogP contribution is 2.34. The van der Waals surface area contributed by atoms with Crippen LogP contribution in [0.4, 0.5) is 4.39 Å². The van der Waals surface area contributed by atoms with Crippen molar-refractivity contribution < 1.29 is 9.18 Å². The Kier molecular flexibility index (Phi) is 3.87. The van der Waals surface area contributed by atoms with Gasteiger partial charge in [-0.05, 0) is 31.5 Å². The molecule has 132 valence electrons. The minimum Gasteiger partial charge on any atom is -0.373 e. The van der Waals surface area contributed by atoms with Crippen molar-refractivity contribution in [2.24, 2.45) is 4.99 Å². The summed E-state index contributed by atoms with van der Waals surface area (Å²) in [5.74, 6) is -0.461. The predicted octanol–water partition coefficient (Wildman–Crippen LogP) is 3.12. The summed E-state index contributed by atoms with van der Waals surface area (Å²) in [6.45, 7) is 4.59. The molecule has 5 heteroatoms. The zero-order chi connectivity index (χ0) is 18.3. The molecular formula is C21H20FN3O. The van der Waals surface area contributed by atoms with E-state index in [2.05, 4.69) is 10.6 Å². The lowest BCUT2D eigenvalue weighted by molar-refractivity contribution is -0.117. The lowest BCUT2D eigenvalue weighted by Gasteiger charge is -2.24. The Hall–Kier alpha value is -2.95. The Morgan fingerprint density at radius 2 is 1.77 bits per heavy atom. The SMILES string of the molecule is CC1(C)CN=C(c2ccccc2)C2=C(N1)C(=O)NC2c1ccc(F)cc1. The van der Waals surface area contributed by atoms with E-state index in [1.807, 2.05) is 44.2 Å². The normalized spacial score (nSPS) is 21.4. The number of benzene rings is 2. The lowest BCUT2D eigenvalue weighted by Crippen LogP contribution is -2.43. The fourth-order valence-corrected chi connectivity index (χ4v) is 3.41. The van der Waals surface area contributed by atoms with Crippen LogP contribution in [0.5, 0.6) is 0 Å². The Morgan fingerprint density at radius 3 is 2.46 bits per heavy atom. The van der Waals surface area contributed by atoms with E-state index in [0.717, 1.165) is 22.4 Å². The van der Waals surface area contributed by atoms with E-state index in [-0.39, 0.29) is 23.3 Å². The minimum atomic E-state index is -0.363. The van der Waals surface area contributed by atoms with Crippen LogP contribution in [0, 0.1) is 5.82 Å². The number of hydrogen-bond acceptors (Lipinski definition) is 3. The van der Waals surface area contributed by atoms with Gasteiger partial charge in [0.05, 0.1) is 23.8 Å². The van der Waals surface area contributed by atoms with Crippen LogP contribution in [0.2, 0.25) is 0 Å².